The summed E-state index contributed by atoms with van der Waals surface area (Å²) < 4.78 is 0. The molecule has 0 aliphatic heterocycles. The van der Waals surface area contributed by atoms with Crippen LogP contribution in [0.2, 0.25) is 0 Å². The molecule has 5 heteroatoms. The van der Waals surface area contributed by atoms with Gasteiger partial charge in [0.15, 0.2) is 5.11 Å². The van der Waals surface area contributed by atoms with Gasteiger partial charge in [-0.15, -0.1) is 0 Å². The van der Waals surface area contributed by atoms with E-state index in [-0.39, 0.29) is 11.8 Å². The van der Waals surface area contributed by atoms with E-state index in [0.717, 1.165) is 10.8 Å². The third-order valence-electron chi connectivity index (χ3n) is 2.73. The van der Waals surface area contributed by atoms with Crippen molar-refractivity contribution in [1.29, 1.82) is 0 Å². The Kier molecular flexibility index (Phi) is 4.53. The first-order valence-corrected chi connectivity index (χ1v) is 6.79. The zero-order chi connectivity index (χ0) is 14.5. The van der Waals surface area contributed by atoms with Crippen LogP contribution < -0.4 is 10.7 Å². The van der Waals surface area contributed by atoms with E-state index in [4.69, 9.17) is 12.2 Å². The number of rotatable bonds is 3. The molecule has 104 valence electrons. The number of hydrazone groups is 1. The topological polar surface area (TPSA) is 56.7 Å². The molecule has 0 radical (unpaired) electrons. The van der Waals surface area contributed by atoms with Crippen molar-refractivity contribution in [2.24, 2.45) is 5.10 Å². The summed E-state index contributed by atoms with van der Waals surface area (Å²) in [5.41, 5.74) is 3.40. The van der Waals surface area contributed by atoms with E-state index in [1.807, 2.05) is 44.2 Å². The minimum Gasteiger partial charge on any atom is -0.507 e. The highest BCUT2D eigenvalue weighted by atomic mass is 32.1. The monoisotopic (exact) mass is 287 g/mol. The van der Waals surface area contributed by atoms with Crippen molar-refractivity contribution in [3.8, 4) is 5.75 Å². The molecule has 2 aromatic carbocycles. The van der Waals surface area contributed by atoms with Gasteiger partial charge in [0.25, 0.3) is 0 Å². The van der Waals surface area contributed by atoms with Gasteiger partial charge in [0.2, 0.25) is 0 Å². The Balaban J connectivity index is 2.21. The minimum absolute atomic E-state index is 0.192. The Morgan fingerprint density at radius 2 is 2.00 bits per heavy atom. The third-order valence-corrected chi connectivity index (χ3v) is 2.94. The highest BCUT2D eigenvalue weighted by molar-refractivity contribution is 7.80. The van der Waals surface area contributed by atoms with Crippen LogP contribution >= 0.6 is 12.2 Å². The van der Waals surface area contributed by atoms with Gasteiger partial charge in [-0.2, -0.15) is 5.10 Å². The SMILES string of the molecule is CC(C)NC(=S)NN=Cc1c(O)ccc2ccccc12. The summed E-state index contributed by atoms with van der Waals surface area (Å²) in [4.78, 5) is 0. The zero-order valence-corrected chi connectivity index (χ0v) is 12.2. The minimum atomic E-state index is 0.192. The van der Waals surface area contributed by atoms with Crippen molar-refractivity contribution in [1.82, 2.24) is 10.7 Å². The van der Waals surface area contributed by atoms with Gasteiger partial charge in [-0.25, -0.2) is 0 Å². The number of hydrogen-bond donors (Lipinski definition) is 3. The number of thiocarbonyl (C=S) groups is 1. The van der Waals surface area contributed by atoms with E-state index in [9.17, 15) is 5.11 Å². The molecule has 0 saturated heterocycles. The van der Waals surface area contributed by atoms with Crippen molar-refractivity contribution in [2.75, 3.05) is 0 Å². The molecule has 0 bridgehead atoms. The van der Waals surface area contributed by atoms with E-state index in [1.54, 1.807) is 12.3 Å². The predicted molar refractivity (Wildman–Crippen MR) is 87.2 cm³/mol. The van der Waals surface area contributed by atoms with Crippen LogP contribution in [0.1, 0.15) is 19.4 Å². The molecule has 0 fully saturated rings. The van der Waals surface area contributed by atoms with Crippen LogP contribution in [0.25, 0.3) is 10.8 Å². The van der Waals surface area contributed by atoms with E-state index < -0.39 is 0 Å². The highest BCUT2D eigenvalue weighted by Crippen LogP contribution is 2.25. The first kappa shape index (κ1) is 14.3. The van der Waals surface area contributed by atoms with Gasteiger partial charge in [-0.3, -0.25) is 5.43 Å². The molecule has 0 amide bonds. The van der Waals surface area contributed by atoms with Crippen LogP contribution in [0.15, 0.2) is 41.5 Å². The number of benzene rings is 2. The summed E-state index contributed by atoms with van der Waals surface area (Å²) in [7, 11) is 0. The maximum absolute atomic E-state index is 9.95. The van der Waals surface area contributed by atoms with Crippen molar-refractivity contribution in [3.63, 3.8) is 0 Å². The van der Waals surface area contributed by atoms with Crippen LogP contribution in [-0.2, 0) is 0 Å². The van der Waals surface area contributed by atoms with Crippen molar-refractivity contribution in [3.05, 3.63) is 42.0 Å². The Morgan fingerprint density at radius 3 is 2.75 bits per heavy atom. The van der Waals surface area contributed by atoms with Crippen molar-refractivity contribution >= 4 is 34.3 Å². The largest absolute Gasteiger partial charge is 0.507 e. The smallest absolute Gasteiger partial charge is 0.187 e. The molecule has 3 N–H and O–H groups in total. The summed E-state index contributed by atoms with van der Waals surface area (Å²) in [6, 6.07) is 11.6. The van der Waals surface area contributed by atoms with Gasteiger partial charge in [-0.05, 0) is 42.9 Å². The van der Waals surface area contributed by atoms with Crippen LogP contribution in [0.3, 0.4) is 0 Å². The van der Waals surface area contributed by atoms with Crippen LogP contribution in [0.5, 0.6) is 5.75 Å². The fourth-order valence-corrected chi connectivity index (χ4v) is 2.16. The summed E-state index contributed by atoms with van der Waals surface area (Å²) in [6.07, 6.45) is 1.58. The zero-order valence-electron chi connectivity index (χ0n) is 11.4. The average Bonchev–Trinajstić information content (AvgIpc) is 2.40. The number of hydrogen-bond acceptors (Lipinski definition) is 3. The fraction of sp³-hybridized carbons (Fsp3) is 0.200. The first-order chi connectivity index (χ1) is 9.58. The van der Waals surface area contributed by atoms with Gasteiger partial charge in [0, 0.05) is 11.6 Å². The number of fused-ring (bicyclic) bond motifs is 1. The Labute approximate surface area is 123 Å². The van der Waals surface area contributed by atoms with E-state index >= 15 is 0 Å². The second-order valence-electron chi connectivity index (χ2n) is 4.72. The number of nitrogens with one attached hydrogen (secondary N) is 2. The lowest BCUT2D eigenvalue weighted by atomic mass is 10.0. The molecule has 0 aromatic heterocycles. The summed E-state index contributed by atoms with van der Waals surface area (Å²) >= 11 is 5.08. The van der Waals surface area contributed by atoms with E-state index in [0.29, 0.717) is 10.7 Å². The molecule has 0 saturated carbocycles. The molecule has 0 aliphatic carbocycles. The lowest BCUT2D eigenvalue weighted by Gasteiger charge is -2.09. The van der Waals surface area contributed by atoms with Crippen LogP contribution in [0.4, 0.5) is 0 Å². The number of aromatic hydroxyl groups is 1. The molecule has 4 nitrogen and oxygen atoms in total. The molecule has 0 unspecified atom stereocenters. The average molecular weight is 287 g/mol. The van der Waals surface area contributed by atoms with E-state index in [1.165, 1.54) is 0 Å². The van der Waals surface area contributed by atoms with Crippen molar-refractivity contribution in [2.45, 2.75) is 19.9 Å². The lowest BCUT2D eigenvalue weighted by Crippen LogP contribution is -2.36. The second-order valence-corrected chi connectivity index (χ2v) is 5.13. The van der Waals surface area contributed by atoms with Gasteiger partial charge in [0.1, 0.15) is 5.75 Å². The molecule has 0 atom stereocenters. The molecule has 20 heavy (non-hydrogen) atoms. The maximum Gasteiger partial charge on any atom is 0.187 e. The Hall–Kier alpha value is -2.14. The van der Waals surface area contributed by atoms with Crippen LogP contribution in [-0.4, -0.2) is 22.5 Å². The molecule has 2 rings (SSSR count). The number of phenols is 1. The molecule has 0 aliphatic rings. The quantitative estimate of drug-likeness (QED) is 0.461. The van der Waals surface area contributed by atoms with Gasteiger partial charge in [-0.1, -0.05) is 30.3 Å². The molecule has 2 aromatic rings. The number of phenolic OH excluding ortho intramolecular Hbond substituents is 1. The fourth-order valence-electron chi connectivity index (χ4n) is 1.87. The highest BCUT2D eigenvalue weighted by Gasteiger charge is 2.04. The van der Waals surface area contributed by atoms with Crippen molar-refractivity contribution < 1.29 is 5.11 Å². The third kappa shape index (κ3) is 3.45. The summed E-state index contributed by atoms with van der Waals surface area (Å²) in [6.45, 7) is 3.99. The lowest BCUT2D eigenvalue weighted by molar-refractivity contribution is 0.475. The summed E-state index contributed by atoms with van der Waals surface area (Å²) in [5.74, 6) is 0.192. The molecule has 0 spiro atoms. The number of nitrogens with zero attached hydrogens (tertiary/aromatic N) is 1. The molecular weight excluding hydrogens is 270 g/mol. The van der Waals surface area contributed by atoms with Gasteiger partial charge in [0.05, 0.1) is 6.21 Å². The Morgan fingerprint density at radius 1 is 1.25 bits per heavy atom. The maximum atomic E-state index is 9.95. The normalized spacial score (nSPS) is 11.2. The van der Waals surface area contributed by atoms with Crippen LogP contribution in [0, 0.1) is 0 Å². The molecular formula is C15H17N3OS. The predicted octanol–water partition coefficient (Wildman–Crippen LogP) is 2.75. The first-order valence-electron chi connectivity index (χ1n) is 6.38. The van der Waals surface area contributed by atoms with Gasteiger partial charge < -0.3 is 10.4 Å². The standard InChI is InChI=1S/C15H17N3OS/c1-10(2)17-15(20)18-16-9-13-12-6-4-3-5-11(12)7-8-14(13)19/h3-10,19H,1-2H3,(H2,17,18,20). The second kappa shape index (κ2) is 6.34. The Bertz CT molecular complexity index is 653. The summed E-state index contributed by atoms with van der Waals surface area (Å²) in [5, 5.41) is 19.5. The molecule has 0 heterocycles. The van der Waals surface area contributed by atoms with Gasteiger partial charge >= 0.3 is 0 Å². The van der Waals surface area contributed by atoms with E-state index in [2.05, 4.69) is 15.8 Å².